The summed E-state index contributed by atoms with van der Waals surface area (Å²) >= 11 is 3.29. The molecule has 0 radical (unpaired) electrons. The Labute approximate surface area is 114 Å². The van der Waals surface area contributed by atoms with E-state index in [-0.39, 0.29) is 5.82 Å². The Bertz CT molecular complexity index is 518. The normalized spacial score (nSPS) is 12.4. The van der Waals surface area contributed by atoms with Crippen molar-refractivity contribution < 1.29 is 9.50 Å². The fourth-order valence-electron chi connectivity index (χ4n) is 1.82. The molecule has 1 aromatic heterocycles. The van der Waals surface area contributed by atoms with E-state index in [1.165, 1.54) is 6.07 Å². The van der Waals surface area contributed by atoms with Crippen molar-refractivity contribution in [1.29, 1.82) is 0 Å². The van der Waals surface area contributed by atoms with E-state index < -0.39 is 6.10 Å². The van der Waals surface area contributed by atoms with Crippen LogP contribution < -0.4 is 0 Å². The molecule has 1 aromatic carbocycles. The second-order valence-corrected chi connectivity index (χ2v) is 5.07. The summed E-state index contributed by atoms with van der Waals surface area (Å²) in [6.07, 6.45) is 3.54. The van der Waals surface area contributed by atoms with Gasteiger partial charge < -0.3 is 5.11 Å². The van der Waals surface area contributed by atoms with Crippen LogP contribution >= 0.6 is 15.9 Å². The molecular weight excluding hydrogens is 297 g/mol. The molecular formula is C14H13BrFNO. The highest BCUT2D eigenvalue weighted by Crippen LogP contribution is 2.18. The molecule has 1 atom stereocenters. The summed E-state index contributed by atoms with van der Waals surface area (Å²) in [7, 11) is 0. The van der Waals surface area contributed by atoms with Crippen molar-refractivity contribution >= 4 is 15.9 Å². The van der Waals surface area contributed by atoms with Crippen LogP contribution in [0.25, 0.3) is 0 Å². The van der Waals surface area contributed by atoms with E-state index in [1.54, 1.807) is 24.5 Å². The highest BCUT2D eigenvalue weighted by atomic mass is 79.9. The Morgan fingerprint density at radius 1 is 1.28 bits per heavy atom. The number of aliphatic hydroxyl groups excluding tert-OH is 1. The van der Waals surface area contributed by atoms with Crippen LogP contribution in [0.3, 0.4) is 0 Å². The Balaban J connectivity index is 2.03. The smallest absolute Gasteiger partial charge is 0.126 e. The highest BCUT2D eigenvalue weighted by Gasteiger charge is 2.10. The lowest BCUT2D eigenvalue weighted by Gasteiger charge is -2.11. The first-order valence-corrected chi connectivity index (χ1v) is 6.45. The van der Waals surface area contributed by atoms with Crippen LogP contribution in [0.2, 0.25) is 0 Å². The molecule has 1 N–H and O–H groups in total. The minimum Gasteiger partial charge on any atom is -0.392 e. The molecule has 0 aliphatic rings. The molecule has 1 unspecified atom stereocenters. The van der Waals surface area contributed by atoms with E-state index in [2.05, 4.69) is 20.9 Å². The number of hydrogen-bond donors (Lipinski definition) is 1. The van der Waals surface area contributed by atoms with E-state index in [1.807, 2.05) is 12.1 Å². The third kappa shape index (κ3) is 3.62. The average Bonchev–Trinajstić information content (AvgIpc) is 2.35. The number of aliphatic hydroxyl groups is 1. The number of rotatable bonds is 4. The molecule has 0 spiro atoms. The van der Waals surface area contributed by atoms with E-state index >= 15 is 0 Å². The minimum atomic E-state index is -0.613. The summed E-state index contributed by atoms with van der Waals surface area (Å²) in [6.45, 7) is 0. The second kappa shape index (κ2) is 6.07. The van der Waals surface area contributed by atoms with Crippen LogP contribution in [0.4, 0.5) is 4.39 Å². The summed E-state index contributed by atoms with van der Waals surface area (Å²) < 4.78 is 14.3. The topological polar surface area (TPSA) is 33.1 Å². The molecule has 0 aliphatic carbocycles. The molecule has 0 saturated heterocycles. The van der Waals surface area contributed by atoms with E-state index in [9.17, 15) is 9.50 Å². The molecule has 0 fully saturated rings. The molecule has 0 amide bonds. The maximum absolute atomic E-state index is 13.5. The van der Waals surface area contributed by atoms with Gasteiger partial charge in [0.25, 0.3) is 0 Å². The molecule has 4 heteroatoms. The van der Waals surface area contributed by atoms with Gasteiger partial charge in [-0.3, -0.25) is 4.98 Å². The van der Waals surface area contributed by atoms with E-state index in [0.717, 1.165) is 10.0 Å². The van der Waals surface area contributed by atoms with Crippen molar-refractivity contribution in [3.05, 3.63) is 64.1 Å². The first-order chi connectivity index (χ1) is 8.65. The molecule has 2 rings (SSSR count). The number of aromatic nitrogens is 1. The molecule has 2 nitrogen and oxygen atoms in total. The fraction of sp³-hybridized carbons (Fsp3) is 0.214. The maximum Gasteiger partial charge on any atom is 0.126 e. The van der Waals surface area contributed by atoms with E-state index in [4.69, 9.17) is 0 Å². The number of benzene rings is 1. The molecule has 1 heterocycles. The largest absolute Gasteiger partial charge is 0.392 e. The third-order valence-corrected chi connectivity index (χ3v) is 3.15. The van der Waals surface area contributed by atoms with Gasteiger partial charge in [0, 0.05) is 29.7 Å². The molecule has 0 aliphatic heterocycles. The molecule has 2 aromatic rings. The van der Waals surface area contributed by atoms with Crippen LogP contribution in [-0.2, 0) is 12.8 Å². The van der Waals surface area contributed by atoms with Gasteiger partial charge in [0.15, 0.2) is 0 Å². The number of nitrogens with zero attached hydrogens (tertiary/aromatic N) is 1. The molecule has 18 heavy (non-hydrogen) atoms. The van der Waals surface area contributed by atoms with Crippen molar-refractivity contribution in [1.82, 2.24) is 4.98 Å². The average molecular weight is 310 g/mol. The van der Waals surface area contributed by atoms with Crippen molar-refractivity contribution in [2.24, 2.45) is 0 Å². The first kappa shape index (κ1) is 13.2. The van der Waals surface area contributed by atoms with Gasteiger partial charge in [0.1, 0.15) is 5.82 Å². The van der Waals surface area contributed by atoms with Gasteiger partial charge in [0.2, 0.25) is 0 Å². The first-order valence-electron chi connectivity index (χ1n) is 5.66. The van der Waals surface area contributed by atoms with Crippen LogP contribution in [0.5, 0.6) is 0 Å². The van der Waals surface area contributed by atoms with Gasteiger partial charge in [-0.2, -0.15) is 0 Å². The quantitative estimate of drug-likeness (QED) is 0.941. The van der Waals surface area contributed by atoms with Crippen LogP contribution in [0, 0.1) is 5.82 Å². The predicted octanol–water partition coefficient (Wildman–Crippen LogP) is 3.13. The van der Waals surface area contributed by atoms with Gasteiger partial charge in [-0.1, -0.05) is 22.0 Å². The van der Waals surface area contributed by atoms with Gasteiger partial charge in [-0.15, -0.1) is 0 Å². The molecule has 0 saturated carbocycles. The van der Waals surface area contributed by atoms with Gasteiger partial charge >= 0.3 is 0 Å². The highest BCUT2D eigenvalue weighted by molar-refractivity contribution is 9.10. The number of hydrogen-bond acceptors (Lipinski definition) is 2. The zero-order valence-electron chi connectivity index (χ0n) is 9.68. The van der Waals surface area contributed by atoms with Crippen molar-refractivity contribution in [3.63, 3.8) is 0 Å². The lowest BCUT2D eigenvalue weighted by atomic mass is 10.0. The van der Waals surface area contributed by atoms with Crippen molar-refractivity contribution in [2.45, 2.75) is 18.9 Å². The van der Waals surface area contributed by atoms with Crippen molar-refractivity contribution in [3.8, 4) is 0 Å². The van der Waals surface area contributed by atoms with Crippen LogP contribution in [0.15, 0.2) is 47.2 Å². The molecule has 0 bridgehead atoms. The van der Waals surface area contributed by atoms with Crippen molar-refractivity contribution in [2.75, 3.05) is 0 Å². The lowest BCUT2D eigenvalue weighted by molar-refractivity contribution is 0.174. The Hall–Kier alpha value is -1.26. The Morgan fingerprint density at radius 2 is 2.11 bits per heavy atom. The van der Waals surface area contributed by atoms with Gasteiger partial charge in [-0.25, -0.2) is 4.39 Å². The summed E-state index contributed by atoms with van der Waals surface area (Å²) in [5.41, 5.74) is 1.46. The zero-order valence-corrected chi connectivity index (χ0v) is 11.3. The zero-order chi connectivity index (χ0) is 13.0. The SMILES string of the molecule is OC(Cc1cccnc1)Cc1cc(Br)ccc1F. The minimum absolute atomic E-state index is 0.288. The maximum atomic E-state index is 13.5. The predicted molar refractivity (Wildman–Crippen MR) is 71.8 cm³/mol. The number of halogens is 2. The van der Waals surface area contributed by atoms with Gasteiger partial charge in [-0.05, 0) is 35.4 Å². The summed E-state index contributed by atoms with van der Waals surface area (Å²) in [6, 6.07) is 8.46. The summed E-state index contributed by atoms with van der Waals surface area (Å²) in [5, 5.41) is 9.96. The Kier molecular flexibility index (Phi) is 4.44. The van der Waals surface area contributed by atoms with E-state index in [0.29, 0.717) is 18.4 Å². The third-order valence-electron chi connectivity index (χ3n) is 2.66. The molecule has 94 valence electrons. The van der Waals surface area contributed by atoms with Crippen LogP contribution in [-0.4, -0.2) is 16.2 Å². The second-order valence-electron chi connectivity index (χ2n) is 4.16. The summed E-state index contributed by atoms with van der Waals surface area (Å²) in [4.78, 5) is 3.98. The van der Waals surface area contributed by atoms with Gasteiger partial charge in [0.05, 0.1) is 6.10 Å². The van der Waals surface area contributed by atoms with Crippen LogP contribution in [0.1, 0.15) is 11.1 Å². The summed E-state index contributed by atoms with van der Waals surface area (Å²) in [5.74, 6) is -0.288. The number of pyridine rings is 1. The monoisotopic (exact) mass is 309 g/mol. The Morgan fingerprint density at radius 3 is 2.83 bits per heavy atom. The standard InChI is InChI=1S/C14H13BrFNO/c15-12-3-4-14(16)11(7-12)8-13(18)6-10-2-1-5-17-9-10/h1-5,7,9,13,18H,6,8H2. The lowest BCUT2D eigenvalue weighted by Crippen LogP contribution is -2.15. The fourth-order valence-corrected chi connectivity index (χ4v) is 2.23.